The summed E-state index contributed by atoms with van der Waals surface area (Å²) < 4.78 is 16.8. The van der Waals surface area contributed by atoms with E-state index in [2.05, 4.69) is 32.9 Å². The highest BCUT2D eigenvalue weighted by Gasteiger charge is 2.19. The van der Waals surface area contributed by atoms with Crippen LogP contribution >= 0.6 is 0 Å². The molecule has 0 rings (SSSR count). The van der Waals surface area contributed by atoms with E-state index in [9.17, 15) is 14.4 Å². The highest BCUT2D eigenvalue weighted by atomic mass is 16.6. The number of ether oxygens (including phenoxy) is 3. The van der Waals surface area contributed by atoms with Gasteiger partial charge in [-0.2, -0.15) is 0 Å². The van der Waals surface area contributed by atoms with Gasteiger partial charge in [-0.3, -0.25) is 14.4 Å². The van der Waals surface area contributed by atoms with Gasteiger partial charge in [-0.1, -0.05) is 251 Å². The maximum atomic E-state index is 12.8. The van der Waals surface area contributed by atoms with Gasteiger partial charge in [-0.15, -0.1) is 0 Å². The number of rotatable bonds is 50. The van der Waals surface area contributed by atoms with E-state index in [0.29, 0.717) is 19.3 Å². The monoisotopic (exact) mass is 861 g/mol. The third kappa shape index (κ3) is 49.0. The zero-order valence-corrected chi connectivity index (χ0v) is 41.2. The van der Waals surface area contributed by atoms with Crippen molar-refractivity contribution in [1.29, 1.82) is 0 Å². The van der Waals surface area contributed by atoms with Crippen molar-refractivity contribution < 1.29 is 28.6 Å². The first-order valence-electron chi connectivity index (χ1n) is 27.2. The first kappa shape index (κ1) is 59.1. The summed E-state index contributed by atoms with van der Waals surface area (Å²) in [6.07, 6.45) is 56.2. The fraction of sp³-hybridized carbons (Fsp3) is 0.909. The van der Waals surface area contributed by atoms with Crippen LogP contribution < -0.4 is 0 Å². The van der Waals surface area contributed by atoms with Gasteiger partial charge < -0.3 is 14.2 Å². The van der Waals surface area contributed by atoms with E-state index in [4.69, 9.17) is 14.2 Å². The summed E-state index contributed by atoms with van der Waals surface area (Å²) in [5, 5.41) is 0. The molecule has 0 bridgehead atoms. The minimum Gasteiger partial charge on any atom is -0.462 e. The fourth-order valence-electron chi connectivity index (χ4n) is 8.14. The second kappa shape index (κ2) is 50.8. The Morgan fingerprint density at radius 3 is 0.836 bits per heavy atom. The molecule has 0 saturated heterocycles. The highest BCUT2D eigenvalue weighted by molar-refractivity contribution is 5.71. The summed E-state index contributed by atoms with van der Waals surface area (Å²) in [5.74, 6) is -0.850. The fourth-order valence-corrected chi connectivity index (χ4v) is 8.14. The van der Waals surface area contributed by atoms with Crippen molar-refractivity contribution in [3.63, 3.8) is 0 Å². The second-order valence-electron chi connectivity index (χ2n) is 18.5. The van der Waals surface area contributed by atoms with Crippen LogP contribution in [-0.4, -0.2) is 37.2 Å². The average molecular weight is 861 g/mol. The maximum absolute atomic E-state index is 12.8. The predicted octanol–water partition coefficient (Wildman–Crippen LogP) is 17.8. The van der Waals surface area contributed by atoms with Gasteiger partial charge in [0.05, 0.1) is 0 Å². The number of hydrogen-bond acceptors (Lipinski definition) is 6. The molecule has 1 atom stereocenters. The maximum Gasteiger partial charge on any atom is 0.306 e. The molecule has 0 N–H and O–H groups in total. The molecule has 0 aliphatic carbocycles. The Morgan fingerprint density at radius 2 is 0.541 bits per heavy atom. The minimum atomic E-state index is -0.765. The molecule has 0 aliphatic rings. The van der Waals surface area contributed by atoms with E-state index in [0.717, 1.165) is 57.8 Å². The zero-order chi connectivity index (χ0) is 44.4. The number of carbonyl (C=O) groups is 3. The molecule has 0 aliphatic heterocycles. The molecule has 0 heterocycles. The number of carbonyl (C=O) groups excluding carboxylic acids is 3. The van der Waals surface area contributed by atoms with Crippen LogP contribution in [-0.2, 0) is 28.6 Å². The zero-order valence-electron chi connectivity index (χ0n) is 41.2. The van der Waals surface area contributed by atoms with E-state index >= 15 is 0 Å². The van der Waals surface area contributed by atoms with Gasteiger partial charge in [-0.05, 0) is 44.9 Å². The molecule has 1 unspecified atom stereocenters. The molecule has 0 radical (unpaired) electrons. The standard InChI is InChI=1S/C55H104O6/c1-4-7-10-13-16-19-22-25-27-30-33-36-39-42-45-48-54(57)60-51-52(50-59-53(56)47-44-41-38-35-32-29-24-21-18-15-12-9-6-3)61-55(58)49-46-43-40-37-34-31-28-26-23-20-17-14-11-8-5-2/h19,22,52H,4-18,20-21,23-51H2,1-3H3/b22-19-. The normalized spacial score (nSPS) is 12.0. The number of hydrogen-bond donors (Lipinski definition) is 0. The summed E-state index contributed by atoms with van der Waals surface area (Å²) in [7, 11) is 0. The molecule has 6 heteroatoms. The lowest BCUT2D eigenvalue weighted by molar-refractivity contribution is -0.167. The van der Waals surface area contributed by atoms with Crippen LogP contribution in [0.3, 0.4) is 0 Å². The molecule has 6 nitrogen and oxygen atoms in total. The van der Waals surface area contributed by atoms with Crippen LogP contribution in [0.5, 0.6) is 0 Å². The molecule has 0 aromatic heterocycles. The molecular formula is C55H104O6. The van der Waals surface area contributed by atoms with E-state index in [1.807, 2.05) is 0 Å². The molecule has 360 valence electrons. The Kier molecular flexibility index (Phi) is 49.3. The summed E-state index contributed by atoms with van der Waals surface area (Å²) in [6, 6.07) is 0. The summed E-state index contributed by atoms with van der Waals surface area (Å²) in [5.41, 5.74) is 0. The van der Waals surface area contributed by atoms with Gasteiger partial charge in [-0.25, -0.2) is 0 Å². The van der Waals surface area contributed by atoms with E-state index in [1.165, 1.54) is 205 Å². The third-order valence-corrected chi connectivity index (χ3v) is 12.3. The van der Waals surface area contributed by atoms with Crippen molar-refractivity contribution in [2.24, 2.45) is 0 Å². The van der Waals surface area contributed by atoms with Gasteiger partial charge in [0.1, 0.15) is 13.2 Å². The van der Waals surface area contributed by atoms with Crippen molar-refractivity contribution in [2.75, 3.05) is 13.2 Å². The van der Waals surface area contributed by atoms with Crippen LogP contribution in [0.4, 0.5) is 0 Å². The Hall–Kier alpha value is -1.85. The smallest absolute Gasteiger partial charge is 0.306 e. The molecule has 0 aromatic carbocycles. The minimum absolute atomic E-state index is 0.0656. The SMILES string of the molecule is CCCCCC/C=C\CCCCCCCCCC(=O)OCC(COC(=O)CCCCCCCCCCCCCCC)OC(=O)CCCCCCCCCCCCCCCCC. The number of allylic oxidation sites excluding steroid dienone is 2. The number of unbranched alkanes of at least 4 members (excludes halogenated alkanes) is 37. The summed E-state index contributed by atoms with van der Waals surface area (Å²) in [4.78, 5) is 38.0. The molecule has 0 fully saturated rings. The molecule has 0 saturated carbocycles. The van der Waals surface area contributed by atoms with Crippen LogP contribution in [0.1, 0.15) is 303 Å². The lowest BCUT2D eigenvalue weighted by Crippen LogP contribution is -2.30. The summed E-state index contributed by atoms with van der Waals surface area (Å²) >= 11 is 0. The third-order valence-electron chi connectivity index (χ3n) is 12.3. The van der Waals surface area contributed by atoms with Crippen LogP contribution in [0, 0.1) is 0 Å². The topological polar surface area (TPSA) is 78.9 Å². The molecule has 61 heavy (non-hydrogen) atoms. The quantitative estimate of drug-likeness (QED) is 0.0262. The van der Waals surface area contributed by atoms with Crippen LogP contribution in [0.15, 0.2) is 12.2 Å². The molecule has 0 aromatic rings. The van der Waals surface area contributed by atoms with Crippen LogP contribution in [0.2, 0.25) is 0 Å². The van der Waals surface area contributed by atoms with Gasteiger partial charge in [0, 0.05) is 19.3 Å². The van der Waals surface area contributed by atoms with E-state index < -0.39 is 6.10 Å². The lowest BCUT2D eigenvalue weighted by atomic mass is 10.0. The Bertz CT molecular complexity index is 947. The van der Waals surface area contributed by atoms with Crippen LogP contribution in [0.25, 0.3) is 0 Å². The Balaban J connectivity index is 4.32. The molecular weight excluding hydrogens is 757 g/mol. The lowest BCUT2D eigenvalue weighted by Gasteiger charge is -2.18. The van der Waals surface area contributed by atoms with Crippen molar-refractivity contribution in [3.8, 4) is 0 Å². The predicted molar refractivity (Wildman–Crippen MR) is 261 cm³/mol. The Morgan fingerprint density at radius 1 is 0.311 bits per heavy atom. The van der Waals surface area contributed by atoms with Crippen molar-refractivity contribution in [2.45, 2.75) is 309 Å². The molecule has 0 spiro atoms. The van der Waals surface area contributed by atoms with Crippen molar-refractivity contribution >= 4 is 17.9 Å². The van der Waals surface area contributed by atoms with Gasteiger partial charge >= 0.3 is 17.9 Å². The first-order valence-corrected chi connectivity index (χ1v) is 27.2. The average Bonchev–Trinajstić information content (AvgIpc) is 3.26. The number of esters is 3. The highest BCUT2D eigenvalue weighted by Crippen LogP contribution is 2.17. The van der Waals surface area contributed by atoms with Crippen molar-refractivity contribution in [1.82, 2.24) is 0 Å². The van der Waals surface area contributed by atoms with E-state index in [-0.39, 0.29) is 31.1 Å². The van der Waals surface area contributed by atoms with Gasteiger partial charge in [0.2, 0.25) is 0 Å². The van der Waals surface area contributed by atoms with E-state index in [1.54, 1.807) is 0 Å². The summed E-state index contributed by atoms with van der Waals surface area (Å²) in [6.45, 7) is 6.67. The van der Waals surface area contributed by atoms with Crippen molar-refractivity contribution in [3.05, 3.63) is 12.2 Å². The molecule has 0 amide bonds. The largest absolute Gasteiger partial charge is 0.462 e. The Labute approximate surface area is 380 Å². The second-order valence-corrected chi connectivity index (χ2v) is 18.5. The van der Waals surface area contributed by atoms with Gasteiger partial charge in [0.25, 0.3) is 0 Å². The van der Waals surface area contributed by atoms with Gasteiger partial charge in [0.15, 0.2) is 6.10 Å². The first-order chi connectivity index (χ1) is 30.0.